The van der Waals surface area contributed by atoms with E-state index in [4.69, 9.17) is 0 Å². The van der Waals surface area contributed by atoms with E-state index in [1.165, 1.54) is 6.20 Å². The van der Waals surface area contributed by atoms with Crippen LogP contribution in [0.15, 0.2) is 42.7 Å². The van der Waals surface area contributed by atoms with Gasteiger partial charge in [0.2, 0.25) is 5.82 Å². The molecule has 2 aromatic heterocycles. The average molecular weight is 283 g/mol. The Labute approximate surface area is 120 Å². The third kappa shape index (κ3) is 2.66. The number of aromatic amines is 1. The van der Waals surface area contributed by atoms with E-state index < -0.39 is 4.92 Å². The molecule has 0 saturated heterocycles. The summed E-state index contributed by atoms with van der Waals surface area (Å²) >= 11 is 0. The second kappa shape index (κ2) is 5.20. The van der Waals surface area contributed by atoms with Gasteiger partial charge in [0.1, 0.15) is 12.0 Å². The van der Waals surface area contributed by atoms with Gasteiger partial charge in [-0.15, -0.1) is 0 Å². The fraction of sp³-hybridized carbons (Fsp3) is 0.143. The number of benzene rings is 1. The van der Waals surface area contributed by atoms with Crippen LogP contribution in [0.4, 0.5) is 5.82 Å². The van der Waals surface area contributed by atoms with Crippen molar-refractivity contribution in [3.63, 3.8) is 0 Å². The molecule has 0 fully saturated rings. The first-order valence-corrected chi connectivity index (χ1v) is 6.39. The molecule has 0 unspecified atom stereocenters. The number of aryl methyl sites for hydroxylation is 1. The van der Waals surface area contributed by atoms with E-state index in [0.29, 0.717) is 12.2 Å². The van der Waals surface area contributed by atoms with Crippen molar-refractivity contribution >= 4 is 5.82 Å². The number of hydrogen-bond donors (Lipinski definition) is 1. The van der Waals surface area contributed by atoms with E-state index in [0.717, 1.165) is 17.1 Å². The second-order valence-electron chi connectivity index (χ2n) is 4.67. The molecular formula is C14H13N5O2. The largest absolute Gasteiger partial charge is 0.358 e. The highest BCUT2D eigenvalue weighted by atomic mass is 16.6. The van der Waals surface area contributed by atoms with Crippen LogP contribution in [-0.4, -0.2) is 24.4 Å². The summed E-state index contributed by atoms with van der Waals surface area (Å²) < 4.78 is 1.90. The summed E-state index contributed by atoms with van der Waals surface area (Å²) in [6.07, 6.45) is 3.57. The Hall–Kier alpha value is -2.96. The van der Waals surface area contributed by atoms with Gasteiger partial charge < -0.3 is 14.7 Å². The smallest absolute Gasteiger partial charge is 0.340 e. The summed E-state index contributed by atoms with van der Waals surface area (Å²) in [6, 6.07) is 9.85. The molecule has 21 heavy (non-hydrogen) atoms. The lowest BCUT2D eigenvalue weighted by Gasteiger charge is -1.95. The highest BCUT2D eigenvalue weighted by Gasteiger charge is 2.14. The number of rotatable bonds is 4. The van der Waals surface area contributed by atoms with E-state index in [-0.39, 0.29) is 5.82 Å². The van der Waals surface area contributed by atoms with Gasteiger partial charge in [-0.2, -0.15) is 0 Å². The third-order valence-electron chi connectivity index (χ3n) is 3.18. The number of nitrogens with one attached hydrogen (secondary N) is 1. The summed E-state index contributed by atoms with van der Waals surface area (Å²) in [4.78, 5) is 21.4. The number of nitrogens with zero attached hydrogens (tertiary/aromatic N) is 4. The zero-order chi connectivity index (χ0) is 14.8. The van der Waals surface area contributed by atoms with E-state index >= 15 is 0 Å². The molecule has 0 bridgehead atoms. The Bertz CT molecular complexity index is 776. The van der Waals surface area contributed by atoms with Crippen LogP contribution in [0.5, 0.6) is 0 Å². The molecule has 1 aromatic carbocycles. The standard InChI is InChI=1S/C14H13N5O2/c1-18-9-11(10-5-3-2-4-6-10)16-13(18)7-12-15-8-14(17-12)19(20)21/h2-6,8-9H,7H2,1H3,(H,15,17). The zero-order valence-corrected chi connectivity index (χ0v) is 11.4. The lowest BCUT2D eigenvalue weighted by Crippen LogP contribution is -2.00. The minimum atomic E-state index is -0.496. The van der Waals surface area contributed by atoms with Crippen molar-refractivity contribution in [3.8, 4) is 11.3 Å². The monoisotopic (exact) mass is 283 g/mol. The van der Waals surface area contributed by atoms with Crippen LogP contribution in [-0.2, 0) is 13.5 Å². The van der Waals surface area contributed by atoms with E-state index in [2.05, 4.69) is 15.0 Å². The van der Waals surface area contributed by atoms with Crippen LogP contribution in [0, 0.1) is 10.1 Å². The van der Waals surface area contributed by atoms with Gasteiger partial charge in [-0.3, -0.25) is 0 Å². The van der Waals surface area contributed by atoms with Gasteiger partial charge >= 0.3 is 5.82 Å². The maximum Gasteiger partial charge on any atom is 0.340 e. The van der Waals surface area contributed by atoms with Crippen LogP contribution >= 0.6 is 0 Å². The molecule has 3 rings (SSSR count). The summed E-state index contributed by atoms with van der Waals surface area (Å²) in [5.74, 6) is 1.20. The predicted octanol–water partition coefficient (Wildman–Crippen LogP) is 2.31. The minimum absolute atomic E-state index is 0.109. The first kappa shape index (κ1) is 13.0. The highest BCUT2D eigenvalue weighted by molar-refractivity contribution is 5.58. The molecular weight excluding hydrogens is 270 g/mol. The van der Waals surface area contributed by atoms with E-state index in [1.54, 1.807) is 0 Å². The van der Waals surface area contributed by atoms with Crippen molar-refractivity contribution in [2.24, 2.45) is 7.05 Å². The molecule has 0 atom stereocenters. The van der Waals surface area contributed by atoms with Crippen molar-refractivity contribution < 1.29 is 4.92 Å². The number of nitro groups is 1. The van der Waals surface area contributed by atoms with Crippen molar-refractivity contribution in [2.75, 3.05) is 0 Å². The topological polar surface area (TPSA) is 89.6 Å². The van der Waals surface area contributed by atoms with Crippen LogP contribution in [0.3, 0.4) is 0 Å². The van der Waals surface area contributed by atoms with E-state index in [9.17, 15) is 10.1 Å². The number of hydrogen-bond acceptors (Lipinski definition) is 4. The van der Waals surface area contributed by atoms with Gasteiger partial charge in [-0.25, -0.2) is 15.0 Å². The summed E-state index contributed by atoms with van der Waals surface area (Å²) in [6.45, 7) is 0. The van der Waals surface area contributed by atoms with Crippen LogP contribution in [0.25, 0.3) is 11.3 Å². The molecule has 106 valence electrons. The normalized spacial score (nSPS) is 10.7. The van der Waals surface area contributed by atoms with Gasteiger partial charge in [0.15, 0.2) is 0 Å². The lowest BCUT2D eigenvalue weighted by molar-refractivity contribution is -0.389. The van der Waals surface area contributed by atoms with Crippen molar-refractivity contribution in [1.29, 1.82) is 0 Å². The second-order valence-corrected chi connectivity index (χ2v) is 4.67. The van der Waals surface area contributed by atoms with Crippen molar-refractivity contribution in [1.82, 2.24) is 19.5 Å². The fourth-order valence-corrected chi connectivity index (χ4v) is 2.10. The Balaban J connectivity index is 1.86. The minimum Gasteiger partial charge on any atom is -0.358 e. The number of aromatic nitrogens is 4. The lowest BCUT2D eigenvalue weighted by atomic mass is 10.2. The SMILES string of the molecule is Cn1cc(-c2ccccc2)nc1Cc1ncc([N+](=O)[O-])[nH]1. The Morgan fingerprint density at radius 1 is 1.33 bits per heavy atom. The van der Waals surface area contributed by atoms with Crippen molar-refractivity contribution in [3.05, 3.63) is 64.5 Å². The van der Waals surface area contributed by atoms with Crippen LogP contribution in [0.2, 0.25) is 0 Å². The molecule has 0 amide bonds. The van der Waals surface area contributed by atoms with Gasteiger partial charge in [0.25, 0.3) is 0 Å². The van der Waals surface area contributed by atoms with Gasteiger partial charge in [0.05, 0.1) is 12.1 Å². The molecule has 0 aliphatic heterocycles. The molecule has 0 saturated carbocycles. The molecule has 0 radical (unpaired) electrons. The first-order chi connectivity index (χ1) is 10.1. The first-order valence-electron chi connectivity index (χ1n) is 6.39. The average Bonchev–Trinajstić information content (AvgIpc) is 3.08. The number of imidazole rings is 2. The summed E-state index contributed by atoms with van der Waals surface area (Å²) in [5, 5.41) is 10.6. The summed E-state index contributed by atoms with van der Waals surface area (Å²) in [5.41, 5.74) is 1.90. The van der Waals surface area contributed by atoms with Crippen LogP contribution < -0.4 is 0 Å². The predicted molar refractivity (Wildman–Crippen MR) is 76.7 cm³/mol. The molecule has 0 aliphatic carbocycles. The zero-order valence-electron chi connectivity index (χ0n) is 11.4. The molecule has 7 nitrogen and oxygen atoms in total. The molecule has 0 spiro atoms. The highest BCUT2D eigenvalue weighted by Crippen LogP contribution is 2.19. The molecule has 2 heterocycles. The quantitative estimate of drug-likeness (QED) is 0.587. The molecule has 7 heteroatoms. The maximum atomic E-state index is 10.6. The number of H-pyrrole nitrogens is 1. The Kier molecular flexibility index (Phi) is 3.23. The van der Waals surface area contributed by atoms with Gasteiger partial charge in [-0.1, -0.05) is 30.3 Å². The summed E-state index contributed by atoms with van der Waals surface area (Å²) in [7, 11) is 1.89. The molecule has 3 aromatic rings. The maximum absolute atomic E-state index is 10.6. The van der Waals surface area contributed by atoms with Crippen LogP contribution in [0.1, 0.15) is 11.6 Å². The van der Waals surface area contributed by atoms with Gasteiger partial charge in [0, 0.05) is 18.8 Å². The Morgan fingerprint density at radius 3 is 2.76 bits per heavy atom. The molecule has 0 aliphatic rings. The van der Waals surface area contributed by atoms with E-state index in [1.807, 2.05) is 48.1 Å². The van der Waals surface area contributed by atoms with Crippen molar-refractivity contribution in [2.45, 2.75) is 6.42 Å². The molecule has 1 N–H and O–H groups in total. The Morgan fingerprint density at radius 2 is 2.10 bits per heavy atom. The van der Waals surface area contributed by atoms with Gasteiger partial charge in [-0.05, 0) is 4.92 Å². The fourth-order valence-electron chi connectivity index (χ4n) is 2.10. The third-order valence-corrected chi connectivity index (χ3v) is 3.18.